The summed E-state index contributed by atoms with van der Waals surface area (Å²) in [4.78, 5) is 23.0. The zero-order valence-electron chi connectivity index (χ0n) is 13.2. The number of aliphatic carboxylic acids is 1. The number of carbonyl (C=O) groups is 2. The molecule has 6 heteroatoms. The van der Waals surface area contributed by atoms with Crippen molar-refractivity contribution in [3.05, 3.63) is 58.6 Å². The fraction of sp³-hybridized carbons (Fsp3) is 0.222. The topological polar surface area (TPSA) is 75.6 Å². The van der Waals surface area contributed by atoms with Crippen LogP contribution in [0.1, 0.15) is 23.7 Å². The molecule has 2 rings (SSSR count). The second-order valence-corrected chi connectivity index (χ2v) is 6.38. The Balaban J connectivity index is 2.07. The minimum absolute atomic E-state index is 0.0104. The molecule has 0 saturated heterocycles. The first-order valence-electron chi connectivity index (χ1n) is 7.48. The molecule has 0 radical (unpaired) electrons. The molecule has 1 amide bonds. The van der Waals surface area contributed by atoms with E-state index in [2.05, 4.69) is 21.2 Å². The van der Waals surface area contributed by atoms with Crippen LogP contribution in [0, 0.1) is 5.92 Å². The predicted molar refractivity (Wildman–Crippen MR) is 94.4 cm³/mol. The normalized spacial score (nSPS) is 11.6. The monoisotopic (exact) mass is 391 g/mol. The number of hydrogen-bond acceptors (Lipinski definition) is 3. The third kappa shape index (κ3) is 5.38. The molecule has 0 fully saturated rings. The number of ether oxygens (including phenoxy) is 1. The summed E-state index contributed by atoms with van der Waals surface area (Å²) < 4.78 is 6.68. The van der Waals surface area contributed by atoms with E-state index in [9.17, 15) is 9.59 Å². The van der Waals surface area contributed by atoms with Crippen LogP contribution in [0.2, 0.25) is 0 Å². The Morgan fingerprint density at radius 1 is 1.21 bits per heavy atom. The first-order chi connectivity index (χ1) is 11.5. The minimum atomic E-state index is -0.880. The molecule has 0 saturated carbocycles. The second kappa shape index (κ2) is 8.49. The van der Waals surface area contributed by atoms with Crippen LogP contribution >= 0.6 is 15.9 Å². The van der Waals surface area contributed by atoms with Crippen molar-refractivity contribution in [2.45, 2.75) is 13.3 Å². The van der Waals surface area contributed by atoms with E-state index >= 15 is 0 Å². The summed E-state index contributed by atoms with van der Waals surface area (Å²) in [6.07, 6.45) is 0.0104. The number of carbonyl (C=O) groups excluding carboxylic acids is 1. The molecule has 5 nitrogen and oxygen atoms in total. The average molecular weight is 392 g/mol. The lowest BCUT2D eigenvalue weighted by Gasteiger charge is -2.13. The van der Waals surface area contributed by atoms with Gasteiger partial charge in [-0.3, -0.25) is 9.59 Å². The first kappa shape index (κ1) is 18.0. The molecule has 0 aliphatic carbocycles. The number of hydrogen-bond donors (Lipinski definition) is 2. The molecule has 2 aromatic carbocycles. The van der Waals surface area contributed by atoms with Crippen LogP contribution in [0.15, 0.2) is 53.0 Å². The fourth-order valence-corrected chi connectivity index (χ4v) is 2.51. The van der Waals surface area contributed by atoms with Crippen molar-refractivity contribution < 1.29 is 19.4 Å². The molecule has 1 atom stereocenters. The van der Waals surface area contributed by atoms with Gasteiger partial charge in [0.2, 0.25) is 0 Å². The lowest BCUT2D eigenvalue weighted by atomic mass is 10.1. The SMILES string of the molecule is CC(CNC(=O)c1ccccc1Oc1cccc(Br)c1)CC(=O)O. The van der Waals surface area contributed by atoms with Crippen LogP contribution in [0.25, 0.3) is 0 Å². The van der Waals surface area contributed by atoms with Gasteiger partial charge in [-0.2, -0.15) is 0 Å². The molecule has 0 heterocycles. The van der Waals surface area contributed by atoms with E-state index < -0.39 is 5.97 Å². The van der Waals surface area contributed by atoms with Gasteiger partial charge in [0, 0.05) is 17.4 Å². The maximum atomic E-state index is 12.4. The van der Waals surface area contributed by atoms with E-state index in [0.717, 1.165) is 4.47 Å². The highest BCUT2D eigenvalue weighted by Crippen LogP contribution is 2.27. The van der Waals surface area contributed by atoms with Gasteiger partial charge in [0.25, 0.3) is 5.91 Å². The Morgan fingerprint density at radius 2 is 1.96 bits per heavy atom. The van der Waals surface area contributed by atoms with Gasteiger partial charge in [-0.25, -0.2) is 0 Å². The maximum absolute atomic E-state index is 12.4. The van der Waals surface area contributed by atoms with E-state index in [0.29, 0.717) is 17.1 Å². The summed E-state index contributed by atoms with van der Waals surface area (Å²) in [6, 6.07) is 14.3. The number of rotatable bonds is 7. The number of nitrogens with one attached hydrogen (secondary N) is 1. The quantitative estimate of drug-likeness (QED) is 0.745. The maximum Gasteiger partial charge on any atom is 0.303 e. The van der Waals surface area contributed by atoms with E-state index in [-0.39, 0.29) is 24.8 Å². The Morgan fingerprint density at radius 3 is 2.67 bits per heavy atom. The zero-order chi connectivity index (χ0) is 17.5. The number of para-hydroxylation sites is 1. The van der Waals surface area contributed by atoms with Gasteiger partial charge in [0.05, 0.1) is 5.56 Å². The summed E-state index contributed by atoms with van der Waals surface area (Å²) in [5.74, 6) is -0.263. The number of amides is 1. The van der Waals surface area contributed by atoms with Gasteiger partial charge in [0.15, 0.2) is 0 Å². The predicted octanol–water partition coefficient (Wildman–Crippen LogP) is 4.08. The lowest BCUT2D eigenvalue weighted by molar-refractivity contribution is -0.137. The van der Waals surface area contributed by atoms with Crippen molar-refractivity contribution >= 4 is 27.8 Å². The Labute approximate surface area is 148 Å². The van der Waals surface area contributed by atoms with Crippen molar-refractivity contribution in [3.63, 3.8) is 0 Å². The summed E-state index contributed by atoms with van der Waals surface area (Å²) in [5, 5.41) is 11.5. The Hall–Kier alpha value is -2.34. The molecule has 1 unspecified atom stereocenters. The van der Waals surface area contributed by atoms with Gasteiger partial charge in [-0.1, -0.05) is 41.1 Å². The molecular formula is C18H18BrNO4. The van der Waals surface area contributed by atoms with Crippen molar-refractivity contribution in [1.29, 1.82) is 0 Å². The molecule has 126 valence electrons. The van der Waals surface area contributed by atoms with Gasteiger partial charge in [-0.15, -0.1) is 0 Å². The van der Waals surface area contributed by atoms with Crippen LogP contribution in [-0.2, 0) is 4.79 Å². The first-order valence-corrected chi connectivity index (χ1v) is 8.27. The highest BCUT2D eigenvalue weighted by Gasteiger charge is 2.15. The molecule has 24 heavy (non-hydrogen) atoms. The fourth-order valence-electron chi connectivity index (χ4n) is 2.13. The molecule has 2 N–H and O–H groups in total. The number of carboxylic acids is 1. The van der Waals surface area contributed by atoms with Crippen LogP contribution in [-0.4, -0.2) is 23.5 Å². The van der Waals surface area contributed by atoms with E-state index in [1.54, 1.807) is 37.3 Å². The summed E-state index contributed by atoms with van der Waals surface area (Å²) in [5.41, 5.74) is 0.403. The molecule has 2 aromatic rings. The largest absolute Gasteiger partial charge is 0.481 e. The average Bonchev–Trinajstić information content (AvgIpc) is 2.52. The van der Waals surface area contributed by atoms with E-state index in [1.165, 1.54) is 0 Å². The highest BCUT2D eigenvalue weighted by molar-refractivity contribution is 9.10. The van der Waals surface area contributed by atoms with Crippen LogP contribution in [0.4, 0.5) is 0 Å². The zero-order valence-corrected chi connectivity index (χ0v) is 14.7. The number of carboxylic acid groups (broad SMARTS) is 1. The van der Waals surface area contributed by atoms with Gasteiger partial charge < -0.3 is 15.2 Å². The van der Waals surface area contributed by atoms with Crippen LogP contribution < -0.4 is 10.1 Å². The van der Waals surface area contributed by atoms with Gasteiger partial charge in [0.1, 0.15) is 11.5 Å². The van der Waals surface area contributed by atoms with Crippen molar-refractivity contribution in [2.24, 2.45) is 5.92 Å². The number of halogens is 1. The summed E-state index contributed by atoms with van der Waals surface area (Å²) in [6.45, 7) is 2.06. The Bertz CT molecular complexity index is 732. The summed E-state index contributed by atoms with van der Waals surface area (Å²) >= 11 is 3.38. The van der Waals surface area contributed by atoms with Crippen molar-refractivity contribution in [3.8, 4) is 11.5 Å². The number of benzene rings is 2. The molecule has 0 spiro atoms. The third-order valence-corrected chi connectivity index (χ3v) is 3.78. The summed E-state index contributed by atoms with van der Waals surface area (Å²) in [7, 11) is 0. The van der Waals surface area contributed by atoms with Crippen LogP contribution in [0.3, 0.4) is 0 Å². The second-order valence-electron chi connectivity index (χ2n) is 5.47. The molecule has 0 aliphatic rings. The van der Waals surface area contributed by atoms with Crippen molar-refractivity contribution in [1.82, 2.24) is 5.32 Å². The minimum Gasteiger partial charge on any atom is -0.481 e. The standard InChI is InChI=1S/C18H18BrNO4/c1-12(9-17(21)22)11-20-18(23)15-7-2-3-8-16(15)24-14-6-4-5-13(19)10-14/h2-8,10,12H,9,11H2,1H3,(H,20,23)(H,21,22). The molecule has 0 aromatic heterocycles. The molecule has 0 aliphatic heterocycles. The Kier molecular flexibility index (Phi) is 6.37. The van der Waals surface area contributed by atoms with E-state index in [1.807, 2.05) is 18.2 Å². The highest BCUT2D eigenvalue weighted by atomic mass is 79.9. The lowest BCUT2D eigenvalue weighted by Crippen LogP contribution is -2.29. The van der Waals surface area contributed by atoms with Crippen LogP contribution in [0.5, 0.6) is 11.5 Å². The van der Waals surface area contributed by atoms with E-state index in [4.69, 9.17) is 9.84 Å². The smallest absolute Gasteiger partial charge is 0.303 e. The molecule has 0 bridgehead atoms. The van der Waals surface area contributed by atoms with Crippen molar-refractivity contribution in [2.75, 3.05) is 6.54 Å². The van der Waals surface area contributed by atoms with Gasteiger partial charge >= 0.3 is 5.97 Å². The molecular weight excluding hydrogens is 374 g/mol. The van der Waals surface area contributed by atoms with Gasteiger partial charge in [-0.05, 0) is 36.2 Å². The third-order valence-electron chi connectivity index (χ3n) is 3.29.